The van der Waals surface area contributed by atoms with E-state index in [2.05, 4.69) is 10.5 Å². The summed E-state index contributed by atoms with van der Waals surface area (Å²) in [6.07, 6.45) is 0.649. The minimum absolute atomic E-state index is 0.117. The molecule has 2 N–H and O–H groups in total. The van der Waals surface area contributed by atoms with E-state index in [1.165, 1.54) is 0 Å². The van der Waals surface area contributed by atoms with Gasteiger partial charge in [0.1, 0.15) is 11.5 Å². The third-order valence-electron chi connectivity index (χ3n) is 3.94. The van der Waals surface area contributed by atoms with Crippen LogP contribution in [0.1, 0.15) is 18.9 Å². The van der Waals surface area contributed by atoms with Crippen LogP contribution in [0.4, 0.5) is 0 Å². The van der Waals surface area contributed by atoms with Crippen LogP contribution in [0.5, 0.6) is 11.5 Å². The Balaban J connectivity index is 1.59. The van der Waals surface area contributed by atoms with Gasteiger partial charge in [0.05, 0.1) is 5.71 Å². The lowest BCUT2D eigenvalue weighted by Crippen LogP contribution is -2.26. The number of carbonyl (C=O) groups is 1. The number of ether oxygens (including phenoxy) is 1. The molecule has 5 heteroatoms. The number of hydrogen-bond acceptors (Lipinski definition) is 4. The number of hydrogen-bond donors (Lipinski definition) is 2. The molecule has 0 saturated heterocycles. The number of phenolic OH excluding ortho intramolecular Hbond substituents is 1. The highest BCUT2D eigenvalue weighted by molar-refractivity contribution is 6.01. The molecule has 132 valence electrons. The van der Waals surface area contributed by atoms with Crippen molar-refractivity contribution in [1.82, 2.24) is 5.43 Å². The Morgan fingerprint density at radius 3 is 2.50 bits per heavy atom. The Morgan fingerprint density at radius 1 is 1.04 bits per heavy atom. The fourth-order valence-corrected chi connectivity index (χ4v) is 2.57. The predicted molar refractivity (Wildman–Crippen MR) is 103 cm³/mol. The molecule has 0 saturated carbocycles. The topological polar surface area (TPSA) is 70.9 Å². The molecular weight excluding hydrogens is 328 g/mol. The zero-order chi connectivity index (χ0) is 18.4. The van der Waals surface area contributed by atoms with Gasteiger partial charge in [0.25, 0.3) is 5.91 Å². The van der Waals surface area contributed by atoms with E-state index in [9.17, 15) is 9.90 Å². The van der Waals surface area contributed by atoms with Gasteiger partial charge in [-0.05, 0) is 59.2 Å². The molecule has 26 heavy (non-hydrogen) atoms. The van der Waals surface area contributed by atoms with Crippen molar-refractivity contribution in [2.75, 3.05) is 6.61 Å². The lowest BCUT2D eigenvalue weighted by Gasteiger charge is -2.08. The Hall–Kier alpha value is -3.34. The molecule has 0 aliphatic carbocycles. The van der Waals surface area contributed by atoms with Crippen LogP contribution in [-0.4, -0.2) is 23.3 Å². The average molecular weight is 348 g/mol. The van der Waals surface area contributed by atoms with Crippen molar-refractivity contribution in [2.24, 2.45) is 5.10 Å². The first kappa shape index (κ1) is 17.5. The van der Waals surface area contributed by atoms with Gasteiger partial charge in [0, 0.05) is 0 Å². The third-order valence-corrected chi connectivity index (χ3v) is 3.94. The summed E-state index contributed by atoms with van der Waals surface area (Å²) in [4.78, 5) is 12.0. The number of benzene rings is 3. The Morgan fingerprint density at radius 2 is 1.77 bits per heavy atom. The minimum Gasteiger partial charge on any atom is -0.508 e. The van der Waals surface area contributed by atoms with Crippen LogP contribution < -0.4 is 10.2 Å². The van der Waals surface area contributed by atoms with Gasteiger partial charge in [0.2, 0.25) is 0 Å². The normalized spacial score (nSPS) is 11.3. The molecule has 5 nitrogen and oxygen atoms in total. The van der Waals surface area contributed by atoms with E-state index in [4.69, 9.17) is 4.74 Å². The van der Waals surface area contributed by atoms with Gasteiger partial charge < -0.3 is 9.84 Å². The van der Waals surface area contributed by atoms with Gasteiger partial charge in [-0.1, -0.05) is 37.3 Å². The van der Waals surface area contributed by atoms with Crippen molar-refractivity contribution in [3.63, 3.8) is 0 Å². The van der Waals surface area contributed by atoms with Crippen molar-refractivity contribution < 1.29 is 14.6 Å². The van der Waals surface area contributed by atoms with E-state index in [1.54, 1.807) is 24.3 Å². The maximum absolute atomic E-state index is 12.0. The molecular formula is C21H20N2O3. The molecule has 0 atom stereocenters. The minimum atomic E-state index is -0.331. The van der Waals surface area contributed by atoms with Crippen LogP contribution in [-0.2, 0) is 4.79 Å². The fraction of sp³-hybridized carbons (Fsp3) is 0.143. The van der Waals surface area contributed by atoms with E-state index < -0.39 is 0 Å². The second kappa shape index (κ2) is 8.16. The molecule has 3 aromatic rings. The Kier molecular flexibility index (Phi) is 5.49. The summed E-state index contributed by atoms with van der Waals surface area (Å²) in [5.74, 6) is 0.497. The van der Waals surface area contributed by atoms with E-state index in [-0.39, 0.29) is 18.3 Å². The SMILES string of the molecule is CC/C(=N\NC(=O)COc1ccc2ccccc2c1)c1ccc(O)cc1. The lowest BCUT2D eigenvalue weighted by molar-refractivity contribution is -0.123. The second-order valence-corrected chi connectivity index (χ2v) is 5.79. The molecule has 0 aliphatic rings. The van der Waals surface area contributed by atoms with Crippen LogP contribution in [0.25, 0.3) is 10.8 Å². The number of aromatic hydroxyl groups is 1. The summed E-state index contributed by atoms with van der Waals surface area (Å²) in [7, 11) is 0. The highest BCUT2D eigenvalue weighted by Gasteiger charge is 2.05. The number of hydrazone groups is 1. The number of fused-ring (bicyclic) bond motifs is 1. The molecule has 0 heterocycles. The predicted octanol–water partition coefficient (Wildman–Crippen LogP) is 3.85. The van der Waals surface area contributed by atoms with Crippen molar-refractivity contribution in [1.29, 1.82) is 0 Å². The number of rotatable bonds is 6. The zero-order valence-corrected chi connectivity index (χ0v) is 14.5. The van der Waals surface area contributed by atoms with Gasteiger partial charge >= 0.3 is 0 Å². The monoisotopic (exact) mass is 348 g/mol. The molecule has 0 aromatic heterocycles. The molecule has 3 rings (SSSR count). The van der Waals surface area contributed by atoms with E-state index >= 15 is 0 Å². The Labute approximate surface area is 151 Å². The van der Waals surface area contributed by atoms with Crippen LogP contribution in [0, 0.1) is 0 Å². The number of nitrogens with zero attached hydrogens (tertiary/aromatic N) is 1. The van der Waals surface area contributed by atoms with Gasteiger partial charge in [-0.25, -0.2) is 5.43 Å². The number of carbonyl (C=O) groups excluding carboxylic acids is 1. The van der Waals surface area contributed by atoms with Crippen LogP contribution in [0.3, 0.4) is 0 Å². The standard InChI is InChI=1S/C21H20N2O3/c1-2-20(16-7-10-18(24)11-8-16)22-23-21(25)14-26-19-12-9-15-5-3-4-6-17(15)13-19/h3-13,24H,2,14H2,1H3,(H,23,25)/b22-20+. The second-order valence-electron chi connectivity index (χ2n) is 5.79. The number of amides is 1. The van der Waals surface area contributed by atoms with Crippen LogP contribution in [0.2, 0.25) is 0 Å². The molecule has 0 fully saturated rings. The van der Waals surface area contributed by atoms with Crippen molar-refractivity contribution in [3.8, 4) is 11.5 Å². The highest BCUT2D eigenvalue weighted by Crippen LogP contribution is 2.20. The van der Waals surface area contributed by atoms with Gasteiger partial charge in [-0.15, -0.1) is 0 Å². The molecule has 0 unspecified atom stereocenters. The molecule has 0 spiro atoms. The Bertz CT molecular complexity index is 933. The zero-order valence-electron chi connectivity index (χ0n) is 14.5. The van der Waals surface area contributed by atoms with Crippen molar-refractivity contribution in [2.45, 2.75) is 13.3 Å². The smallest absolute Gasteiger partial charge is 0.277 e. The quantitative estimate of drug-likeness (QED) is 0.525. The average Bonchev–Trinajstić information content (AvgIpc) is 2.68. The largest absolute Gasteiger partial charge is 0.508 e. The van der Waals surface area contributed by atoms with E-state index in [0.29, 0.717) is 12.2 Å². The summed E-state index contributed by atoms with van der Waals surface area (Å²) in [6.45, 7) is 1.83. The molecule has 0 aliphatic heterocycles. The maximum Gasteiger partial charge on any atom is 0.277 e. The molecule has 0 bridgehead atoms. The third kappa shape index (κ3) is 4.39. The summed E-state index contributed by atoms with van der Waals surface area (Å²) in [6, 6.07) is 20.4. The first-order valence-corrected chi connectivity index (χ1v) is 8.42. The first-order valence-electron chi connectivity index (χ1n) is 8.42. The highest BCUT2D eigenvalue weighted by atomic mass is 16.5. The van der Waals surface area contributed by atoms with Crippen LogP contribution >= 0.6 is 0 Å². The van der Waals surface area contributed by atoms with Crippen molar-refractivity contribution >= 4 is 22.4 Å². The van der Waals surface area contributed by atoms with Crippen molar-refractivity contribution in [3.05, 3.63) is 72.3 Å². The molecule has 1 amide bonds. The number of nitrogens with one attached hydrogen (secondary N) is 1. The summed E-state index contributed by atoms with van der Waals surface area (Å²) in [5.41, 5.74) is 4.09. The maximum atomic E-state index is 12.0. The summed E-state index contributed by atoms with van der Waals surface area (Å²) < 4.78 is 5.55. The summed E-state index contributed by atoms with van der Waals surface area (Å²) >= 11 is 0. The van der Waals surface area contributed by atoms with Gasteiger partial charge in [-0.3, -0.25) is 4.79 Å². The molecule has 3 aromatic carbocycles. The van der Waals surface area contributed by atoms with E-state index in [0.717, 1.165) is 22.0 Å². The van der Waals surface area contributed by atoms with Crippen LogP contribution in [0.15, 0.2) is 71.8 Å². The summed E-state index contributed by atoms with van der Waals surface area (Å²) in [5, 5.41) is 15.7. The fourth-order valence-electron chi connectivity index (χ4n) is 2.57. The first-order chi connectivity index (χ1) is 12.7. The van der Waals surface area contributed by atoms with Gasteiger partial charge in [-0.2, -0.15) is 5.10 Å². The van der Waals surface area contributed by atoms with Gasteiger partial charge in [0.15, 0.2) is 6.61 Å². The van der Waals surface area contributed by atoms with E-state index in [1.807, 2.05) is 49.4 Å². The lowest BCUT2D eigenvalue weighted by atomic mass is 10.1. The molecule has 0 radical (unpaired) electrons. The number of phenols is 1.